The highest BCUT2D eigenvalue weighted by atomic mass is 32.2. The second-order valence-electron chi connectivity index (χ2n) is 7.00. The number of aromatic hydroxyl groups is 1. The van der Waals surface area contributed by atoms with E-state index >= 15 is 0 Å². The first-order valence-electron chi connectivity index (χ1n) is 9.70. The van der Waals surface area contributed by atoms with Crippen LogP contribution in [0, 0.1) is 0 Å². The lowest BCUT2D eigenvalue weighted by Gasteiger charge is -2.52. The molecular weight excluding hydrogens is 441 g/mol. The van der Waals surface area contributed by atoms with Gasteiger partial charge >= 0.3 is 5.97 Å². The molecule has 0 bridgehead atoms. The zero-order chi connectivity index (χ0) is 20.3. The van der Waals surface area contributed by atoms with Crippen LogP contribution < -0.4 is 4.74 Å². The van der Waals surface area contributed by atoms with Gasteiger partial charge in [-0.15, -0.1) is 47.0 Å². The topological polar surface area (TPSA) is 46.5 Å². The molecule has 2 saturated heterocycles. The molecule has 0 radical (unpaired) electrons. The zero-order valence-electron chi connectivity index (χ0n) is 16.3. The Morgan fingerprint density at radius 2 is 1.21 bits per heavy atom. The van der Waals surface area contributed by atoms with Crippen molar-refractivity contribution < 1.29 is 14.6 Å². The van der Waals surface area contributed by atoms with Crippen molar-refractivity contribution in [3.8, 4) is 11.5 Å². The molecule has 0 spiro atoms. The highest BCUT2D eigenvalue weighted by molar-refractivity contribution is 8.24. The van der Waals surface area contributed by atoms with Crippen LogP contribution in [0.25, 0.3) is 0 Å². The number of carbonyl (C=O) groups is 1. The maximum atomic E-state index is 11.3. The second kappa shape index (κ2) is 9.08. The number of hydrogen-bond donors (Lipinski definition) is 1. The average Bonchev–Trinajstić information content (AvgIpc) is 2.75. The summed E-state index contributed by atoms with van der Waals surface area (Å²) in [6, 6.07) is 15.9. The van der Waals surface area contributed by atoms with Gasteiger partial charge in [-0.2, -0.15) is 0 Å². The highest BCUT2D eigenvalue weighted by Crippen LogP contribution is 2.70. The van der Waals surface area contributed by atoms with Crippen LogP contribution in [0.2, 0.25) is 0 Å². The Kier molecular flexibility index (Phi) is 6.69. The average molecular weight is 465 g/mol. The van der Waals surface area contributed by atoms with E-state index in [1.807, 2.05) is 71.3 Å². The summed E-state index contributed by atoms with van der Waals surface area (Å²) in [7, 11) is 0. The van der Waals surface area contributed by atoms with E-state index in [4.69, 9.17) is 4.74 Å². The van der Waals surface area contributed by atoms with Crippen molar-refractivity contribution in [2.45, 2.75) is 27.9 Å². The largest absolute Gasteiger partial charge is 0.508 e. The van der Waals surface area contributed by atoms with E-state index in [1.165, 1.54) is 30.9 Å². The minimum atomic E-state index is -0.298. The second-order valence-corrected chi connectivity index (χ2v) is 12.8. The predicted molar refractivity (Wildman–Crippen MR) is 128 cm³/mol. The monoisotopic (exact) mass is 464 g/mol. The smallest absolute Gasteiger partial charge is 0.308 e. The fraction of sp³-hybridized carbons (Fsp3) is 0.409. The molecule has 2 aromatic rings. The minimum absolute atomic E-state index is 0.141. The summed E-state index contributed by atoms with van der Waals surface area (Å²) >= 11 is 8.16. The summed E-state index contributed by atoms with van der Waals surface area (Å²) in [6.45, 7) is 1.43. The zero-order valence-corrected chi connectivity index (χ0v) is 19.5. The molecule has 1 N–H and O–H groups in total. The van der Waals surface area contributed by atoms with Gasteiger partial charge in [-0.1, -0.05) is 24.3 Å². The SMILES string of the molecule is CC(=O)Oc1ccc(C2(C3(c4ccc(O)cc4)SCCCS3)SCCCS2)cc1. The van der Waals surface area contributed by atoms with Gasteiger partial charge in [0.05, 0.1) is 0 Å². The maximum absolute atomic E-state index is 11.3. The summed E-state index contributed by atoms with van der Waals surface area (Å²) < 4.78 is 4.98. The molecule has 0 amide bonds. The van der Waals surface area contributed by atoms with Crippen molar-refractivity contribution in [3.05, 3.63) is 59.7 Å². The Morgan fingerprint density at radius 3 is 1.62 bits per heavy atom. The molecule has 0 aromatic heterocycles. The first-order chi connectivity index (χ1) is 14.1. The number of phenolic OH excluding ortho intramolecular Hbond substituents is 1. The number of phenols is 1. The van der Waals surface area contributed by atoms with Gasteiger partial charge in [-0.3, -0.25) is 4.79 Å². The molecule has 2 fully saturated rings. The summed E-state index contributed by atoms with van der Waals surface area (Å²) in [4.78, 5) is 11.3. The van der Waals surface area contributed by atoms with E-state index in [9.17, 15) is 9.90 Å². The van der Waals surface area contributed by atoms with Crippen LogP contribution in [-0.2, 0) is 13.0 Å². The van der Waals surface area contributed by atoms with Gasteiger partial charge in [-0.05, 0) is 71.2 Å². The number of benzene rings is 2. The Labute approximate surface area is 189 Å². The van der Waals surface area contributed by atoms with Gasteiger partial charge in [0.1, 0.15) is 19.7 Å². The van der Waals surface area contributed by atoms with Crippen LogP contribution in [0.1, 0.15) is 30.9 Å². The van der Waals surface area contributed by atoms with Gasteiger partial charge in [-0.25, -0.2) is 0 Å². The molecule has 7 heteroatoms. The Hall–Kier alpha value is -0.890. The Morgan fingerprint density at radius 1 is 0.793 bits per heavy atom. The van der Waals surface area contributed by atoms with Gasteiger partial charge in [0.2, 0.25) is 0 Å². The third-order valence-electron chi connectivity index (χ3n) is 4.98. The third-order valence-corrected chi connectivity index (χ3v) is 12.7. The number of hydrogen-bond acceptors (Lipinski definition) is 7. The molecule has 2 aliphatic heterocycles. The number of carbonyl (C=O) groups excluding carboxylic acids is 1. The van der Waals surface area contributed by atoms with Crippen LogP contribution in [-0.4, -0.2) is 34.1 Å². The van der Waals surface area contributed by atoms with Crippen LogP contribution in [0.15, 0.2) is 48.5 Å². The number of thioether (sulfide) groups is 4. The standard InChI is InChI=1S/C22H24O3S4/c1-16(23)25-20-10-6-18(7-11-20)22(28-14-3-15-29-22)21(26-12-2-13-27-21)17-4-8-19(24)9-5-17/h4-11,24H,2-3,12-15H2,1H3. The Balaban J connectivity index is 1.82. The molecule has 2 aliphatic rings. The minimum Gasteiger partial charge on any atom is -0.508 e. The van der Waals surface area contributed by atoms with E-state index in [2.05, 4.69) is 24.3 Å². The van der Waals surface area contributed by atoms with Crippen molar-refractivity contribution in [1.29, 1.82) is 0 Å². The van der Waals surface area contributed by atoms with Crippen molar-refractivity contribution in [3.63, 3.8) is 0 Å². The lowest BCUT2D eigenvalue weighted by Crippen LogP contribution is -2.43. The number of esters is 1. The van der Waals surface area contributed by atoms with Gasteiger partial charge < -0.3 is 9.84 Å². The molecule has 154 valence electrons. The van der Waals surface area contributed by atoms with E-state index < -0.39 is 0 Å². The van der Waals surface area contributed by atoms with Crippen LogP contribution >= 0.6 is 47.0 Å². The molecule has 0 unspecified atom stereocenters. The normalized spacial score (nSPS) is 20.7. The lowest BCUT2D eigenvalue weighted by atomic mass is 10.0. The third kappa shape index (κ3) is 4.16. The molecule has 29 heavy (non-hydrogen) atoms. The molecule has 0 saturated carbocycles. The highest BCUT2D eigenvalue weighted by Gasteiger charge is 2.57. The fourth-order valence-corrected chi connectivity index (χ4v) is 11.9. The number of ether oxygens (including phenoxy) is 1. The predicted octanol–water partition coefficient (Wildman–Crippen LogP) is 6.06. The Bertz CT molecular complexity index is 839. The molecule has 3 nitrogen and oxygen atoms in total. The summed E-state index contributed by atoms with van der Waals surface area (Å²) in [5, 5.41) is 9.87. The lowest BCUT2D eigenvalue weighted by molar-refractivity contribution is -0.131. The van der Waals surface area contributed by atoms with E-state index in [0.29, 0.717) is 11.5 Å². The molecule has 4 rings (SSSR count). The van der Waals surface area contributed by atoms with Crippen molar-refractivity contribution >= 4 is 53.0 Å². The number of rotatable bonds is 4. The van der Waals surface area contributed by atoms with E-state index in [0.717, 1.165) is 23.0 Å². The van der Waals surface area contributed by atoms with Crippen molar-refractivity contribution in [1.82, 2.24) is 0 Å². The van der Waals surface area contributed by atoms with Crippen molar-refractivity contribution in [2.24, 2.45) is 0 Å². The van der Waals surface area contributed by atoms with E-state index in [-0.39, 0.29) is 14.1 Å². The summed E-state index contributed by atoms with van der Waals surface area (Å²) in [5.74, 6) is 5.10. The molecule has 0 aliphatic carbocycles. The van der Waals surface area contributed by atoms with Gasteiger partial charge in [0.25, 0.3) is 0 Å². The van der Waals surface area contributed by atoms with Gasteiger partial charge in [0.15, 0.2) is 0 Å². The fourth-order valence-electron chi connectivity index (χ4n) is 3.75. The molecule has 2 aromatic carbocycles. The summed E-state index contributed by atoms with van der Waals surface area (Å²) in [6.07, 6.45) is 2.43. The molecule has 0 atom stereocenters. The molecule has 2 heterocycles. The van der Waals surface area contributed by atoms with Crippen LogP contribution in [0.4, 0.5) is 0 Å². The quantitative estimate of drug-likeness (QED) is 0.436. The van der Waals surface area contributed by atoms with Crippen LogP contribution in [0.3, 0.4) is 0 Å². The summed E-state index contributed by atoms with van der Waals surface area (Å²) in [5.41, 5.74) is 2.52. The van der Waals surface area contributed by atoms with Crippen molar-refractivity contribution in [2.75, 3.05) is 23.0 Å². The first kappa shape index (κ1) is 21.3. The maximum Gasteiger partial charge on any atom is 0.308 e. The van der Waals surface area contributed by atoms with Crippen LogP contribution in [0.5, 0.6) is 11.5 Å². The van der Waals surface area contributed by atoms with Gasteiger partial charge in [0, 0.05) is 6.92 Å². The first-order valence-corrected chi connectivity index (χ1v) is 13.6. The molecular formula is C22H24O3S4. The van der Waals surface area contributed by atoms with E-state index in [1.54, 1.807) is 0 Å².